The smallest absolute Gasteiger partial charge is 0.160 e. The molecule has 2 nitrogen and oxygen atoms in total. The molecule has 1 aliphatic carbocycles. The monoisotopic (exact) mass is 424 g/mol. The van der Waals surface area contributed by atoms with Crippen LogP contribution >= 0.6 is 0 Å². The van der Waals surface area contributed by atoms with Crippen molar-refractivity contribution in [1.29, 1.82) is 0 Å². The van der Waals surface area contributed by atoms with E-state index in [1.54, 1.807) is 0 Å². The van der Waals surface area contributed by atoms with E-state index in [0.717, 1.165) is 28.3 Å². The lowest BCUT2D eigenvalue weighted by atomic mass is 9.80. The molecule has 0 radical (unpaired) electrons. The van der Waals surface area contributed by atoms with Crippen LogP contribution in [0.3, 0.4) is 0 Å². The highest BCUT2D eigenvalue weighted by molar-refractivity contribution is 5.86. The number of benzene rings is 4. The SMILES string of the molecule is CC1(C)c2ccccc2-c2nc(-c3ccccc3)nc(-c3ccc(-c4ccccc4)cc3)c21. The van der Waals surface area contributed by atoms with Gasteiger partial charge >= 0.3 is 0 Å². The molecule has 0 spiro atoms. The van der Waals surface area contributed by atoms with E-state index < -0.39 is 0 Å². The molecule has 1 aliphatic rings. The summed E-state index contributed by atoms with van der Waals surface area (Å²) in [5.41, 5.74) is 10.2. The Balaban J connectivity index is 1.58. The summed E-state index contributed by atoms with van der Waals surface area (Å²) >= 11 is 0. The molecule has 0 aliphatic heterocycles. The van der Waals surface area contributed by atoms with Crippen LogP contribution in [0, 0.1) is 0 Å². The maximum Gasteiger partial charge on any atom is 0.160 e. The van der Waals surface area contributed by atoms with Gasteiger partial charge in [-0.15, -0.1) is 0 Å². The van der Waals surface area contributed by atoms with E-state index in [0.29, 0.717) is 0 Å². The summed E-state index contributed by atoms with van der Waals surface area (Å²) in [4.78, 5) is 10.3. The molecular weight excluding hydrogens is 400 g/mol. The zero-order valence-corrected chi connectivity index (χ0v) is 18.8. The molecular formula is C31H24N2. The molecule has 0 saturated heterocycles. The van der Waals surface area contributed by atoms with Crippen molar-refractivity contribution in [2.24, 2.45) is 0 Å². The molecule has 158 valence electrons. The molecule has 4 aromatic carbocycles. The van der Waals surface area contributed by atoms with E-state index in [1.807, 2.05) is 24.3 Å². The van der Waals surface area contributed by atoms with Crippen LogP contribution in [-0.2, 0) is 5.41 Å². The van der Waals surface area contributed by atoms with Crippen LogP contribution in [0.5, 0.6) is 0 Å². The van der Waals surface area contributed by atoms with Crippen molar-refractivity contribution < 1.29 is 0 Å². The molecule has 1 aromatic heterocycles. The van der Waals surface area contributed by atoms with Gasteiger partial charge in [-0.25, -0.2) is 9.97 Å². The van der Waals surface area contributed by atoms with Crippen molar-refractivity contribution >= 4 is 0 Å². The fourth-order valence-electron chi connectivity index (χ4n) is 4.99. The second-order valence-electron chi connectivity index (χ2n) is 9.10. The van der Waals surface area contributed by atoms with E-state index in [1.165, 1.54) is 27.8 Å². The lowest BCUT2D eigenvalue weighted by molar-refractivity contribution is 0.658. The predicted molar refractivity (Wildman–Crippen MR) is 136 cm³/mol. The molecule has 0 bridgehead atoms. The van der Waals surface area contributed by atoms with Crippen molar-refractivity contribution in [3.05, 3.63) is 120 Å². The highest BCUT2D eigenvalue weighted by Crippen LogP contribution is 2.51. The predicted octanol–water partition coefficient (Wildman–Crippen LogP) is 7.78. The molecule has 0 amide bonds. The van der Waals surface area contributed by atoms with Crippen LogP contribution in [0.2, 0.25) is 0 Å². The van der Waals surface area contributed by atoms with E-state index in [4.69, 9.17) is 9.97 Å². The Bertz CT molecular complexity index is 1450. The van der Waals surface area contributed by atoms with Gasteiger partial charge in [0.05, 0.1) is 11.4 Å². The van der Waals surface area contributed by atoms with Crippen LogP contribution in [-0.4, -0.2) is 9.97 Å². The Morgan fingerprint density at radius 3 is 1.70 bits per heavy atom. The van der Waals surface area contributed by atoms with Gasteiger partial charge in [0.15, 0.2) is 5.82 Å². The first-order valence-electron chi connectivity index (χ1n) is 11.4. The highest BCUT2D eigenvalue weighted by atomic mass is 14.9. The van der Waals surface area contributed by atoms with Crippen molar-refractivity contribution in [3.8, 4) is 45.0 Å². The van der Waals surface area contributed by atoms with Crippen LogP contribution in [0.4, 0.5) is 0 Å². The number of hydrogen-bond donors (Lipinski definition) is 0. The van der Waals surface area contributed by atoms with Gasteiger partial charge in [-0.2, -0.15) is 0 Å². The molecule has 0 fully saturated rings. The summed E-state index contributed by atoms with van der Waals surface area (Å²) in [5.74, 6) is 0.768. The lowest BCUT2D eigenvalue weighted by Gasteiger charge is -2.23. The Kier molecular flexibility index (Phi) is 4.48. The minimum atomic E-state index is -0.172. The van der Waals surface area contributed by atoms with Crippen molar-refractivity contribution in [1.82, 2.24) is 9.97 Å². The number of fused-ring (bicyclic) bond motifs is 3. The van der Waals surface area contributed by atoms with Gasteiger partial charge in [-0.3, -0.25) is 0 Å². The molecule has 0 unspecified atom stereocenters. The van der Waals surface area contributed by atoms with Gasteiger partial charge < -0.3 is 0 Å². The molecule has 1 heterocycles. The van der Waals surface area contributed by atoms with Gasteiger partial charge in [-0.05, 0) is 16.7 Å². The average molecular weight is 425 g/mol. The highest BCUT2D eigenvalue weighted by Gasteiger charge is 2.39. The Hall–Kier alpha value is -4.04. The minimum Gasteiger partial charge on any atom is -0.228 e. The summed E-state index contributed by atoms with van der Waals surface area (Å²) in [7, 11) is 0. The van der Waals surface area contributed by atoms with E-state index in [9.17, 15) is 0 Å². The van der Waals surface area contributed by atoms with Crippen LogP contribution in [0.25, 0.3) is 45.0 Å². The third kappa shape index (κ3) is 3.18. The van der Waals surface area contributed by atoms with Gasteiger partial charge in [0.1, 0.15) is 0 Å². The Morgan fingerprint density at radius 2 is 1.00 bits per heavy atom. The number of hydrogen-bond acceptors (Lipinski definition) is 2. The second-order valence-corrected chi connectivity index (χ2v) is 9.10. The Labute approximate surface area is 194 Å². The van der Waals surface area contributed by atoms with Crippen LogP contribution in [0.15, 0.2) is 109 Å². The number of nitrogens with zero attached hydrogens (tertiary/aromatic N) is 2. The minimum absolute atomic E-state index is 0.172. The first-order chi connectivity index (χ1) is 16.1. The summed E-state index contributed by atoms with van der Waals surface area (Å²) in [6.07, 6.45) is 0. The zero-order valence-electron chi connectivity index (χ0n) is 18.8. The summed E-state index contributed by atoms with van der Waals surface area (Å²) < 4.78 is 0. The standard InChI is InChI=1S/C31H24N2/c1-31(2)26-16-10-9-15-25(26)29-27(31)28(32-30(33-29)24-13-7-4-8-14-24)23-19-17-22(18-20-23)21-11-5-3-6-12-21/h3-20H,1-2H3. The van der Waals surface area contributed by atoms with Gasteiger partial charge in [0, 0.05) is 27.7 Å². The quantitative estimate of drug-likeness (QED) is 0.295. The van der Waals surface area contributed by atoms with E-state index >= 15 is 0 Å². The van der Waals surface area contributed by atoms with Gasteiger partial charge in [0.25, 0.3) is 0 Å². The molecule has 0 N–H and O–H groups in total. The summed E-state index contributed by atoms with van der Waals surface area (Å²) in [6, 6.07) is 38.1. The molecule has 0 saturated carbocycles. The first kappa shape index (κ1) is 19.6. The maximum absolute atomic E-state index is 5.15. The fourth-order valence-corrected chi connectivity index (χ4v) is 4.99. The van der Waals surface area contributed by atoms with Crippen molar-refractivity contribution in [3.63, 3.8) is 0 Å². The molecule has 2 heteroatoms. The first-order valence-corrected chi connectivity index (χ1v) is 11.4. The van der Waals surface area contributed by atoms with Gasteiger partial charge in [-0.1, -0.05) is 123 Å². The topological polar surface area (TPSA) is 25.8 Å². The van der Waals surface area contributed by atoms with E-state index in [-0.39, 0.29) is 5.41 Å². The third-order valence-electron chi connectivity index (χ3n) is 6.69. The maximum atomic E-state index is 5.15. The zero-order chi connectivity index (χ0) is 22.4. The lowest BCUT2D eigenvalue weighted by Crippen LogP contribution is -2.17. The molecule has 33 heavy (non-hydrogen) atoms. The molecule has 0 atom stereocenters. The molecule has 5 aromatic rings. The summed E-state index contributed by atoms with van der Waals surface area (Å²) in [6.45, 7) is 4.57. The normalized spacial score (nSPS) is 13.4. The Morgan fingerprint density at radius 1 is 0.485 bits per heavy atom. The largest absolute Gasteiger partial charge is 0.228 e. The number of rotatable bonds is 3. The number of aromatic nitrogens is 2. The third-order valence-corrected chi connectivity index (χ3v) is 6.69. The van der Waals surface area contributed by atoms with Crippen molar-refractivity contribution in [2.75, 3.05) is 0 Å². The second kappa shape index (κ2) is 7.53. The average Bonchev–Trinajstić information content (AvgIpc) is 3.12. The molecule has 6 rings (SSSR count). The van der Waals surface area contributed by atoms with E-state index in [2.05, 4.69) is 98.8 Å². The van der Waals surface area contributed by atoms with Gasteiger partial charge in [0.2, 0.25) is 0 Å². The van der Waals surface area contributed by atoms with Crippen LogP contribution in [0.1, 0.15) is 25.0 Å². The summed E-state index contributed by atoms with van der Waals surface area (Å²) in [5, 5.41) is 0. The van der Waals surface area contributed by atoms with Crippen LogP contribution < -0.4 is 0 Å². The fraction of sp³-hybridized carbons (Fsp3) is 0.0968. The van der Waals surface area contributed by atoms with Crippen molar-refractivity contribution in [2.45, 2.75) is 19.3 Å².